The molecule has 0 fully saturated rings. The number of hydrogen-bond acceptors (Lipinski definition) is 2. The monoisotopic (exact) mass is 259 g/mol. The van der Waals surface area contributed by atoms with Crippen molar-refractivity contribution in [2.24, 2.45) is 5.41 Å². The number of benzene rings is 1. The van der Waals surface area contributed by atoms with Gasteiger partial charge >= 0.3 is 5.97 Å². The van der Waals surface area contributed by atoms with Crippen LogP contribution in [0.3, 0.4) is 0 Å². The fraction of sp³-hybridized carbons (Fsp3) is 0.143. The summed E-state index contributed by atoms with van der Waals surface area (Å²) in [6, 6.07) is 11.2. The molecule has 1 aromatic carbocycles. The highest BCUT2D eigenvalue weighted by Gasteiger charge is 2.44. The quantitative estimate of drug-likeness (QED) is 0.831. The van der Waals surface area contributed by atoms with E-state index in [1.54, 1.807) is 18.2 Å². The van der Waals surface area contributed by atoms with E-state index in [4.69, 9.17) is 22.0 Å². The number of allylic oxidation sites excluding steroid dienone is 3. The fourth-order valence-electron chi connectivity index (χ4n) is 1.82. The molecule has 0 spiro atoms. The zero-order valence-corrected chi connectivity index (χ0v) is 10.1. The largest absolute Gasteiger partial charge is 0.480 e. The Kier molecular flexibility index (Phi) is 3.22. The average molecular weight is 260 g/mol. The lowest BCUT2D eigenvalue weighted by atomic mass is 9.80. The Bertz CT molecular complexity index is 571. The van der Waals surface area contributed by atoms with Crippen LogP contribution in [0.2, 0.25) is 0 Å². The summed E-state index contributed by atoms with van der Waals surface area (Å²) in [7, 11) is 0. The van der Waals surface area contributed by atoms with E-state index in [0.717, 1.165) is 11.1 Å². The minimum Gasteiger partial charge on any atom is -0.480 e. The summed E-state index contributed by atoms with van der Waals surface area (Å²) in [5.41, 5.74) is 0.0823. The van der Waals surface area contributed by atoms with Crippen molar-refractivity contribution in [3.8, 4) is 6.07 Å². The molecule has 0 radical (unpaired) electrons. The van der Waals surface area contributed by atoms with E-state index in [1.165, 1.54) is 6.08 Å². The number of hydrogen-bond donors (Lipinski definition) is 1. The number of aliphatic carboxylic acids is 1. The Hall–Kier alpha value is -2.05. The zero-order valence-electron chi connectivity index (χ0n) is 9.38. The Morgan fingerprint density at radius 2 is 2.06 bits per heavy atom. The maximum Gasteiger partial charge on any atom is 0.329 e. The molecule has 2 unspecified atom stereocenters. The Morgan fingerprint density at radius 3 is 2.56 bits per heavy atom. The van der Waals surface area contributed by atoms with E-state index < -0.39 is 16.8 Å². The van der Waals surface area contributed by atoms with Gasteiger partial charge in [0, 0.05) is 0 Å². The summed E-state index contributed by atoms with van der Waals surface area (Å²) in [6.07, 6.45) is 4.59. The molecule has 1 N–H and O–H groups in total. The molecule has 0 aliphatic heterocycles. The zero-order chi connectivity index (χ0) is 13.2. The number of rotatable bonds is 2. The highest BCUT2D eigenvalue weighted by Crippen LogP contribution is 2.36. The standard InChI is InChI=1S/C14H10ClNO2/c15-12-8-11(10-4-2-1-3-5-10)6-7-14(12,9-16)13(17)18/h1-8,12H,(H,17,18). The van der Waals surface area contributed by atoms with Gasteiger partial charge in [-0.25, -0.2) is 0 Å². The van der Waals surface area contributed by atoms with Gasteiger partial charge in [-0.3, -0.25) is 4.79 Å². The molecule has 0 amide bonds. The Labute approximate surface area is 110 Å². The van der Waals surface area contributed by atoms with Gasteiger partial charge < -0.3 is 5.11 Å². The first kappa shape index (κ1) is 12.4. The molecule has 2 rings (SSSR count). The summed E-state index contributed by atoms with van der Waals surface area (Å²) in [5.74, 6) is -1.23. The smallest absolute Gasteiger partial charge is 0.329 e. The first-order valence-corrected chi connectivity index (χ1v) is 5.79. The first-order chi connectivity index (χ1) is 8.60. The molecule has 90 valence electrons. The van der Waals surface area contributed by atoms with Crippen LogP contribution in [-0.2, 0) is 4.79 Å². The van der Waals surface area contributed by atoms with Crippen LogP contribution in [0.1, 0.15) is 5.56 Å². The summed E-state index contributed by atoms with van der Waals surface area (Å²) in [4.78, 5) is 11.2. The highest BCUT2D eigenvalue weighted by molar-refractivity contribution is 6.25. The second-order valence-electron chi connectivity index (χ2n) is 4.01. The number of alkyl halides is 1. The molecule has 1 aliphatic carbocycles. The fourth-order valence-corrected chi connectivity index (χ4v) is 2.17. The number of carboxylic acids is 1. The third kappa shape index (κ3) is 1.92. The number of carboxylic acid groups (broad SMARTS) is 1. The second kappa shape index (κ2) is 4.67. The summed E-state index contributed by atoms with van der Waals surface area (Å²) < 4.78 is 0. The molecule has 2 atom stereocenters. The minimum atomic E-state index is -1.68. The van der Waals surface area contributed by atoms with Crippen molar-refractivity contribution >= 4 is 23.1 Å². The minimum absolute atomic E-state index is 0.822. The van der Waals surface area contributed by atoms with Gasteiger partial charge in [0.2, 0.25) is 0 Å². The van der Waals surface area contributed by atoms with Crippen molar-refractivity contribution in [3.05, 3.63) is 54.1 Å². The number of nitriles is 1. The van der Waals surface area contributed by atoms with E-state index in [2.05, 4.69) is 0 Å². The van der Waals surface area contributed by atoms with Crippen LogP contribution >= 0.6 is 11.6 Å². The van der Waals surface area contributed by atoms with Gasteiger partial charge in [0.15, 0.2) is 5.41 Å². The lowest BCUT2D eigenvalue weighted by Gasteiger charge is -2.25. The normalized spacial score (nSPS) is 26.2. The average Bonchev–Trinajstić information content (AvgIpc) is 2.39. The van der Waals surface area contributed by atoms with E-state index in [1.807, 2.05) is 30.3 Å². The van der Waals surface area contributed by atoms with Crippen molar-refractivity contribution < 1.29 is 9.90 Å². The van der Waals surface area contributed by atoms with Crippen LogP contribution in [0.5, 0.6) is 0 Å². The lowest BCUT2D eigenvalue weighted by Crippen LogP contribution is -2.37. The predicted octanol–water partition coefficient (Wildman–Crippen LogP) is 2.84. The molecule has 18 heavy (non-hydrogen) atoms. The van der Waals surface area contributed by atoms with Gasteiger partial charge in [0.05, 0.1) is 11.4 Å². The van der Waals surface area contributed by atoms with E-state index in [0.29, 0.717) is 0 Å². The molecular weight excluding hydrogens is 250 g/mol. The third-order valence-corrected chi connectivity index (χ3v) is 3.40. The molecule has 0 bridgehead atoms. The van der Waals surface area contributed by atoms with Crippen molar-refractivity contribution in [2.45, 2.75) is 5.38 Å². The molecule has 0 saturated carbocycles. The number of nitrogens with zero attached hydrogens (tertiary/aromatic N) is 1. The molecule has 1 aromatic rings. The molecule has 0 heterocycles. The molecular formula is C14H10ClNO2. The van der Waals surface area contributed by atoms with Crippen molar-refractivity contribution in [1.29, 1.82) is 5.26 Å². The SMILES string of the molecule is N#CC1(C(=O)O)C=CC(c2ccccc2)=CC1Cl. The van der Waals surface area contributed by atoms with E-state index in [9.17, 15) is 4.79 Å². The van der Waals surface area contributed by atoms with E-state index in [-0.39, 0.29) is 0 Å². The van der Waals surface area contributed by atoms with Crippen molar-refractivity contribution in [3.63, 3.8) is 0 Å². The van der Waals surface area contributed by atoms with Gasteiger partial charge in [-0.1, -0.05) is 48.6 Å². The predicted molar refractivity (Wildman–Crippen MR) is 68.9 cm³/mol. The second-order valence-corrected chi connectivity index (χ2v) is 4.48. The van der Waals surface area contributed by atoms with Gasteiger partial charge in [-0.05, 0) is 11.1 Å². The molecule has 4 heteroatoms. The topological polar surface area (TPSA) is 61.1 Å². The summed E-state index contributed by atoms with van der Waals surface area (Å²) in [5, 5.41) is 17.3. The van der Waals surface area contributed by atoms with Crippen LogP contribution in [-0.4, -0.2) is 16.5 Å². The Balaban J connectivity index is 2.40. The van der Waals surface area contributed by atoms with Crippen LogP contribution in [0.4, 0.5) is 0 Å². The van der Waals surface area contributed by atoms with Crippen LogP contribution in [0.25, 0.3) is 5.57 Å². The van der Waals surface area contributed by atoms with Crippen LogP contribution in [0.15, 0.2) is 48.6 Å². The highest BCUT2D eigenvalue weighted by atomic mass is 35.5. The van der Waals surface area contributed by atoms with Crippen LogP contribution in [0, 0.1) is 16.7 Å². The molecule has 0 aromatic heterocycles. The molecule has 3 nitrogen and oxygen atoms in total. The van der Waals surface area contributed by atoms with Gasteiger partial charge in [-0.2, -0.15) is 5.26 Å². The first-order valence-electron chi connectivity index (χ1n) is 5.35. The Morgan fingerprint density at radius 1 is 1.39 bits per heavy atom. The maximum absolute atomic E-state index is 11.2. The maximum atomic E-state index is 11.2. The summed E-state index contributed by atoms with van der Waals surface area (Å²) in [6.45, 7) is 0. The molecule has 1 aliphatic rings. The van der Waals surface area contributed by atoms with Crippen molar-refractivity contribution in [2.75, 3.05) is 0 Å². The van der Waals surface area contributed by atoms with E-state index >= 15 is 0 Å². The van der Waals surface area contributed by atoms with Crippen molar-refractivity contribution in [1.82, 2.24) is 0 Å². The third-order valence-electron chi connectivity index (χ3n) is 2.93. The van der Waals surface area contributed by atoms with Crippen LogP contribution < -0.4 is 0 Å². The number of carbonyl (C=O) groups is 1. The number of halogens is 1. The van der Waals surface area contributed by atoms with Gasteiger partial charge in [0.25, 0.3) is 0 Å². The summed E-state index contributed by atoms with van der Waals surface area (Å²) >= 11 is 6.05. The molecule has 0 saturated heterocycles. The lowest BCUT2D eigenvalue weighted by molar-refractivity contribution is -0.142. The van der Waals surface area contributed by atoms with Gasteiger partial charge in [0.1, 0.15) is 0 Å². The van der Waals surface area contributed by atoms with Gasteiger partial charge in [-0.15, -0.1) is 11.6 Å².